The maximum Gasteiger partial charge on any atom is 0.241 e. The molecule has 0 spiro atoms. The van der Waals surface area contributed by atoms with Crippen LogP contribution in [0.5, 0.6) is 17.2 Å². The lowest BCUT2D eigenvalue weighted by Gasteiger charge is -2.36. The number of ether oxygens (including phenoxy) is 2. The summed E-state index contributed by atoms with van der Waals surface area (Å²) in [6.45, 7) is 4.46. The lowest BCUT2D eigenvalue weighted by atomic mass is 10.2. The summed E-state index contributed by atoms with van der Waals surface area (Å²) in [5.41, 5.74) is 4.42. The van der Waals surface area contributed by atoms with E-state index in [1.807, 2.05) is 6.07 Å². The zero-order valence-electron chi connectivity index (χ0n) is 17.4. The van der Waals surface area contributed by atoms with E-state index in [1.165, 1.54) is 26.1 Å². The number of phenolic OH excluding ortho intramolecular Hbond substituents is 1. The van der Waals surface area contributed by atoms with Crippen molar-refractivity contribution in [2.75, 3.05) is 51.8 Å². The molecule has 0 atom stereocenters. The Balaban J connectivity index is 1.42. The first-order valence-electron chi connectivity index (χ1n) is 9.90. The fraction of sp³-hybridized carbons (Fsp3) is 0.364. The minimum absolute atomic E-state index is 0.0754. The number of amides is 1. The van der Waals surface area contributed by atoms with E-state index in [9.17, 15) is 9.90 Å². The molecule has 1 aliphatic heterocycles. The van der Waals surface area contributed by atoms with E-state index in [4.69, 9.17) is 9.47 Å². The summed E-state index contributed by atoms with van der Waals surface area (Å²) in [5, 5.41) is 13.9. The van der Waals surface area contributed by atoms with E-state index < -0.39 is 0 Å². The Morgan fingerprint density at radius 1 is 1.10 bits per heavy atom. The highest BCUT2D eigenvalue weighted by Crippen LogP contribution is 2.36. The maximum absolute atomic E-state index is 12.1. The Morgan fingerprint density at radius 3 is 2.33 bits per heavy atom. The van der Waals surface area contributed by atoms with Crippen LogP contribution in [0, 0.1) is 0 Å². The van der Waals surface area contributed by atoms with E-state index in [2.05, 4.69) is 44.6 Å². The molecular weight excluding hydrogens is 384 g/mol. The number of methoxy groups -OCH3 is 2. The summed E-state index contributed by atoms with van der Waals surface area (Å²) in [7, 11) is 2.91. The van der Waals surface area contributed by atoms with Crippen molar-refractivity contribution in [1.29, 1.82) is 0 Å². The standard InChI is InChI=1S/C22H28N4O4/c1-29-19-14-17(15-20(30-2)22(19)28)16-23-24-21(27)8-9-25-10-12-26(13-11-25)18-6-4-3-5-7-18/h3-7,14-16,28H,8-13H2,1-2H3,(H,24,27). The first kappa shape index (κ1) is 21.4. The number of carbonyl (C=O) groups is 1. The molecule has 2 aromatic carbocycles. The molecule has 1 fully saturated rings. The molecule has 1 heterocycles. The number of phenols is 1. The first-order chi connectivity index (χ1) is 14.6. The summed E-state index contributed by atoms with van der Waals surface area (Å²) in [4.78, 5) is 16.8. The molecule has 0 aliphatic carbocycles. The van der Waals surface area contributed by atoms with Crippen LogP contribution in [0.3, 0.4) is 0 Å². The van der Waals surface area contributed by atoms with Crippen molar-refractivity contribution in [1.82, 2.24) is 10.3 Å². The van der Waals surface area contributed by atoms with Crippen LogP contribution in [0.2, 0.25) is 0 Å². The van der Waals surface area contributed by atoms with Crippen LogP contribution >= 0.6 is 0 Å². The molecule has 1 amide bonds. The van der Waals surface area contributed by atoms with Gasteiger partial charge < -0.3 is 19.5 Å². The molecule has 30 heavy (non-hydrogen) atoms. The third kappa shape index (κ3) is 5.64. The Bertz CT molecular complexity index is 840. The van der Waals surface area contributed by atoms with Crippen LogP contribution in [0.1, 0.15) is 12.0 Å². The number of benzene rings is 2. The highest BCUT2D eigenvalue weighted by atomic mass is 16.5. The highest BCUT2D eigenvalue weighted by Gasteiger charge is 2.17. The van der Waals surface area contributed by atoms with Gasteiger partial charge >= 0.3 is 0 Å². The molecule has 160 valence electrons. The second kappa shape index (κ2) is 10.5. The summed E-state index contributed by atoms with van der Waals surface area (Å²) in [6, 6.07) is 13.6. The minimum atomic E-state index is -0.144. The molecular formula is C22H28N4O4. The van der Waals surface area contributed by atoms with Crippen molar-refractivity contribution in [3.8, 4) is 17.2 Å². The zero-order valence-corrected chi connectivity index (χ0v) is 17.4. The van der Waals surface area contributed by atoms with Crippen LogP contribution in [-0.2, 0) is 4.79 Å². The molecule has 0 radical (unpaired) electrons. The van der Waals surface area contributed by atoms with Crippen LogP contribution in [0.25, 0.3) is 0 Å². The lowest BCUT2D eigenvalue weighted by molar-refractivity contribution is -0.121. The summed E-state index contributed by atoms with van der Waals surface area (Å²) < 4.78 is 10.2. The fourth-order valence-corrected chi connectivity index (χ4v) is 3.35. The molecule has 0 unspecified atom stereocenters. The van der Waals surface area contributed by atoms with Crippen LogP contribution in [0.15, 0.2) is 47.6 Å². The van der Waals surface area contributed by atoms with Gasteiger partial charge in [-0.15, -0.1) is 0 Å². The number of rotatable bonds is 8. The number of hydrazone groups is 1. The SMILES string of the molecule is COc1cc(C=NNC(=O)CCN2CCN(c3ccccc3)CC2)cc(OC)c1O. The number of aromatic hydroxyl groups is 1. The Labute approximate surface area is 176 Å². The van der Waals surface area contributed by atoms with Gasteiger partial charge in [-0.1, -0.05) is 18.2 Å². The molecule has 3 rings (SSSR count). The molecule has 1 saturated heterocycles. The number of piperazine rings is 1. The average Bonchev–Trinajstić information content (AvgIpc) is 2.79. The molecule has 0 aromatic heterocycles. The Kier molecular flexibility index (Phi) is 7.51. The summed E-state index contributed by atoms with van der Waals surface area (Å²) in [5.74, 6) is 0.330. The van der Waals surface area contributed by atoms with Crippen LogP contribution in [0.4, 0.5) is 5.69 Å². The molecule has 8 nitrogen and oxygen atoms in total. The van der Waals surface area contributed by atoms with Crippen molar-refractivity contribution in [3.05, 3.63) is 48.0 Å². The smallest absolute Gasteiger partial charge is 0.241 e. The van der Waals surface area contributed by atoms with Crippen molar-refractivity contribution < 1.29 is 19.4 Å². The van der Waals surface area contributed by atoms with Gasteiger partial charge in [0.25, 0.3) is 0 Å². The maximum atomic E-state index is 12.1. The van der Waals surface area contributed by atoms with Gasteiger partial charge in [-0.05, 0) is 24.3 Å². The monoisotopic (exact) mass is 412 g/mol. The summed E-state index contributed by atoms with van der Waals surface area (Å²) >= 11 is 0. The van der Waals surface area contributed by atoms with Crippen LogP contribution in [-0.4, -0.2) is 69.1 Å². The minimum Gasteiger partial charge on any atom is -0.502 e. The fourth-order valence-electron chi connectivity index (χ4n) is 3.35. The van der Waals surface area contributed by atoms with Gasteiger partial charge in [-0.2, -0.15) is 5.10 Å². The number of hydrogen-bond donors (Lipinski definition) is 2. The predicted molar refractivity (Wildman–Crippen MR) is 117 cm³/mol. The van der Waals surface area contributed by atoms with Gasteiger partial charge in [0.2, 0.25) is 11.7 Å². The van der Waals surface area contributed by atoms with E-state index in [1.54, 1.807) is 12.1 Å². The number of para-hydroxylation sites is 1. The Morgan fingerprint density at radius 2 is 1.73 bits per heavy atom. The average molecular weight is 412 g/mol. The lowest BCUT2D eigenvalue weighted by Crippen LogP contribution is -2.47. The van der Waals surface area contributed by atoms with Crippen molar-refractivity contribution in [3.63, 3.8) is 0 Å². The number of nitrogens with one attached hydrogen (secondary N) is 1. The molecule has 1 aliphatic rings. The number of anilines is 1. The van der Waals surface area contributed by atoms with Crippen LogP contribution < -0.4 is 19.8 Å². The molecule has 8 heteroatoms. The molecule has 0 saturated carbocycles. The molecule has 2 aromatic rings. The topological polar surface area (TPSA) is 86.6 Å². The second-order valence-electron chi connectivity index (χ2n) is 6.98. The quantitative estimate of drug-likeness (QED) is 0.510. The third-order valence-electron chi connectivity index (χ3n) is 5.05. The highest BCUT2D eigenvalue weighted by molar-refractivity contribution is 5.84. The molecule has 2 N–H and O–H groups in total. The van der Waals surface area contributed by atoms with Gasteiger partial charge in [-0.3, -0.25) is 9.69 Å². The largest absolute Gasteiger partial charge is 0.502 e. The Hall–Kier alpha value is -3.26. The van der Waals surface area contributed by atoms with E-state index in [0.29, 0.717) is 18.5 Å². The normalized spacial score (nSPS) is 14.7. The van der Waals surface area contributed by atoms with E-state index >= 15 is 0 Å². The van der Waals surface area contributed by atoms with Gasteiger partial charge in [-0.25, -0.2) is 5.43 Å². The van der Waals surface area contributed by atoms with Gasteiger partial charge in [0.05, 0.1) is 20.4 Å². The first-order valence-corrected chi connectivity index (χ1v) is 9.90. The van der Waals surface area contributed by atoms with Crippen molar-refractivity contribution >= 4 is 17.8 Å². The van der Waals surface area contributed by atoms with Gasteiger partial charge in [0.1, 0.15) is 0 Å². The van der Waals surface area contributed by atoms with Gasteiger partial charge in [0, 0.05) is 50.4 Å². The number of nitrogens with zero attached hydrogens (tertiary/aromatic N) is 3. The third-order valence-corrected chi connectivity index (χ3v) is 5.05. The summed E-state index contributed by atoms with van der Waals surface area (Å²) in [6.07, 6.45) is 1.87. The zero-order chi connectivity index (χ0) is 21.3. The van der Waals surface area contributed by atoms with Gasteiger partial charge in [0.15, 0.2) is 11.5 Å². The van der Waals surface area contributed by atoms with E-state index in [0.717, 1.165) is 26.2 Å². The predicted octanol–water partition coefficient (Wildman–Crippen LogP) is 2.07. The number of carbonyl (C=O) groups excluding carboxylic acids is 1. The van der Waals surface area contributed by atoms with E-state index in [-0.39, 0.29) is 23.2 Å². The van der Waals surface area contributed by atoms with Crippen molar-refractivity contribution in [2.45, 2.75) is 6.42 Å². The van der Waals surface area contributed by atoms with Crippen molar-refractivity contribution in [2.24, 2.45) is 5.10 Å². The number of hydrogen-bond acceptors (Lipinski definition) is 7. The molecule has 0 bridgehead atoms. The second-order valence-corrected chi connectivity index (χ2v) is 6.98.